The van der Waals surface area contributed by atoms with Crippen LogP contribution in [0.15, 0.2) is 18.2 Å². The Kier molecular flexibility index (Phi) is 10.0. The summed E-state index contributed by atoms with van der Waals surface area (Å²) in [4.78, 5) is 14.2. The summed E-state index contributed by atoms with van der Waals surface area (Å²) in [5, 5.41) is 22.5. The quantitative estimate of drug-likeness (QED) is 0.201. The first-order valence-electron chi connectivity index (χ1n) is 15.1. The van der Waals surface area contributed by atoms with Crippen LogP contribution < -0.4 is 0 Å². The van der Waals surface area contributed by atoms with Crippen LogP contribution in [0.5, 0.6) is 5.75 Å². The first-order valence-corrected chi connectivity index (χ1v) is 16.2. The number of halogens is 1. The number of phenols is 1. The number of aromatic hydroxyl groups is 1. The van der Waals surface area contributed by atoms with E-state index in [9.17, 15) is 15.0 Å². The normalized spacial score (nSPS) is 31.3. The minimum atomic E-state index is -0.188. The van der Waals surface area contributed by atoms with Crippen molar-refractivity contribution in [1.29, 1.82) is 0 Å². The number of carbonyl (C=O) groups is 1. The van der Waals surface area contributed by atoms with Gasteiger partial charge in [0, 0.05) is 25.3 Å². The van der Waals surface area contributed by atoms with Gasteiger partial charge in [0.2, 0.25) is 5.91 Å². The van der Waals surface area contributed by atoms with Gasteiger partial charge in [-0.25, -0.2) is 0 Å². The zero-order chi connectivity index (χ0) is 26.6. The maximum Gasteiger partial charge on any atom is 0.222 e. The number of phenolic OH excluding ortho intramolecular Hbond substituents is 1. The molecule has 5 heteroatoms. The van der Waals surface area contributed by atoms with Crippen LogP contribution >= 0.6 is 15.9 Å². The van der Waals surface area contributed by atoms with Gasteiger partial charge >= 0.3 is 0 Å². The van der Waals surface area contributed by atoms with Crippen LogP contribution in [-0.2, 0) is 11.2 Å². The molecule has 0 aliphatic heterocycles. The number of unbranched alkanes of at least 4 members (excludes halogenated alkanes) is 2. The van der Waals surface area contributed by atoms with Crippen molar-refractivity contribution in [2.75, 3.05) is 18.9 Å². The topological polar surface area (TPSA) is 60.8 Å². The smallest absolute Gasteiger partial charge is 0.222 e. The van der Waals surface area contributed by atoms with Gasteiger partial charge in [0.25, 0.3) is 0 Å². The SMILES string of the molecule is CCCCN(C)C(=O)CCCCC(CBr)CC[C@@H]1CC2C3CCc4cc(O)ccc4C3CC[C@]2(C)[C@H]1O. The third-order valence-electron chi connectivity index (χ3n) is 10.5. The summed E-state index contributed by atoms with van der Waals surface area (Å²) in [5.74, 6) is 3.56. The maximum atomic E-state index is 12.3. The number of carbonyl (C=O) groups excluding carboxylic acids is 1. The third kappa shape index (κ3) is 6.40. The third-order valence-corrected chi connectivity index (χ3v) is 11.4. The lowest BCUT2D eigenvalue weighted by Crippen LogP contribution is -2.44. The van der Waals surface area contributed by atoms with Gasteiger partial charge in [-0.1, -0.05) is 48.7 Å². The number of hydrogen-bond donors (Lipinski definition) is 2. The largest absolute Gasteiger partial charge is 0.508 e. The molecule has 37 heavy (non-hydrogen) atoms. The summed E-state index contributed by atoms with van der Waals surface area (Å²) in [6, 6.07) is 6.01. The van der Waals surface area contributed by atoms with E-state index >= 15 is 0 Å². The van der Waals surface area contributed by atoms with E-state index < -0.39 is 0 Å². The molecule has 1 aromatic rings. The molecule has 4 rings (SSSR count). The fourth-order valence-electron chi connectivity index (χ4n) is 8.17. The number of amides is 1. The van der Waals surface area contributed by atoms with Gasteiger partial charge in [0.05, 0.1) is 6.10 Å². The summed E-state index contributed by atoms with van der Waals surface area (Å²) in [5.41, 5.74) is 2.85. The number of fused-ring (bicyclic) bond motifs is 5. The van der Waals surface area contributed by atoms with Crippen LogP contribution in [0.1, 0.15) is 108 Å². The summed E-state index contributed by atoms with van der Waals surface area (Å²) in [7, 11) is 1.93. The number of aliphatic hydroxyl groups is 1. The molecule has 4 nitrogen and oxygen atoms in total. The van der Waals surface area contributed by atoms with Gasteiger partial charge < -0.3 is 15.1 Å². The van der Waals surface area contributed by atoms with Gasteiger partial charge in [0.15, 0.2) is 0 Å². The first-order chi connectivity index (χ1) is 17.8. The summed E-state index contributed by atoms with van der Waals surface area (Å²) in [6.07, 6.45) is 13.9. The van der Waals surface area contributed by atoms with E-state index in [1.165, 1.54) is 24.0 Å². The molecule has 4 unspecified atom stereocenters. The van der Waals surface area contributed by atoms with Gasteiger partial charge in [0.1, 0.15) is 5.75 Å². The van der Waals surface area contributed by atoms with Crippen molar-refractivity contribution in [2.45, 2.75) is 109 Å². The Morgan fingerprint density at radius 3 is 2.78 bits per heavy atom. The maximum absolute atomic E-state index is 12.3. The number of alkyl halides is 1. The molecule has 0 bridgehead atoms. The molecule has 2 saturated carbocycles. The summed E-state index contributed by atoms with van der Waals surface area (Å²) in [6.45, 7) is 5.42. The molecular weight excluding hydrogens is 526 g/mol. The molecule has 0 aromatic heterocycles. The van der Waals surface area contributed by atoms with Crippen molar-refractivity contribution in [3.63, 3.8) is 0 Å². The minimum absolute atomic E-state index is 0.0499. The molecule has 3 aliphatic carbocycles. The molecule has 0 heterocycles. The molecular formula is C32H50BrNO3. The number of rotatable bonds is 12. The highest BCUT2D eigenvalue weighted by molar-refractivity contribution is 9.09. The fourth-order valence-corrected chi connectivity index (χ4v) is 8.81. The predicted molar refractivity (Wildman–Crippen MR) is 155 cm³/mol. The van der Waals surface area contributed by atoms with Crippen molar-refractivity contribution < 1.29 is 15.0 Å². The highest BCUT2D eigenvalue weighted by atomic mass is 79.9. The molecule has 0 saturated heterocycles. The first kappa shape index (κ1) is 28.9. The van der Waals surface area contributed by atoms with Crippen LogP contribution in [0, 0.1) is 29.1 Å². The van der Waals surface area contributed by atoms with Crippen LogP contribution in [0.2, 0.25) is 0 Å². The van der Waals surface area contributed by atoms with E-state index in [2.05, 4.69) is 35.8 Å². The summed E-state index contributed by atoms with van der Waals surface area (Å²) < 4.78 is 0. The molecule has 7 atom stereocenters. The zero-order valence-electron chi connectivity index (χ0n) is 23.4. The van der Waals surface area contributed by atoms with E-state index in [0.29, 0.717) is 41.8 Å². The van der Waals surface area contributed by atoms with Crippen molar-refractivity contribution in [2.24, 2.45) is 29.1 Å². The Hall–Kier alpha value is -1.07. The van der Waals surface area contributed by atoms with Crippen LogP contribution in [0.25, 0.3) is 0 Å². The van der Waals surface area contributed by atoms with Crippen molar-refractivity contribution >= 4 is 21.8 Å². The van der Waals surface area contributed by atoms with Crippen molar-refractivity contribution in [3.05, 3.63) is 29.3 Å². The number of nitrogens with zero attached hydrogens (tertiary/aromatic N) is 1. The average molecular weight is 577 g/mol. The van der Waals surface area contributed by atoms with E-state index in [1.54, 1.807) is 0 Å². The Morgan fingerprint density at radius 2 is 2.03 bits per heavy atom. The molecule has 0 radical (unpaired) electrons. The van der Waals surface area contributed by atoms with Gasteiger partial charge in [-0.2, -0.15) is 0 Å². The minimum Gasteiger partial charge on any atom is -0.508 e. The lowest BCUT2D eigenvalue weighted by atomic mass is 9.55. The number of aryl methyl sites for hydroxylation is 1. The van der Waals surface area contributed by atoms with E-state index in [1.807, 2.05) is 24.1 Å². The van der Waals surface area contributed by atoms with Gasteiger partial charge in [-0.05, 0) is 122 Å². The predicted octanol–water partition coefficient (Wildman–Crippen LogP) is 7.45. The molecule has 208 valence electrons. The Balaban J connectivity index is 1.27. The molecule has 3 aliphatic rings. The van der Waals surface area contributed by atoms with E-state index in [0.717, 1.165) is 76.1 Å². The number of aliphatic hydroxyl groups excluding tert-OH is 1. The Morgan fingerprint density at radius 1 is 1.22 bits per heavy atom. The molecule has 2 fully saturated rings. The van der Waals surface area contributed by atoms with Crippen LogP contribution in [0.4, 0.5) is 0 Å². The summed E-state index contributed by atoms with van der Waals surface area (Å²) >= 11 is 3.76. The highest BCUT2D eigenvalue weighted by Gasteiger charge is 2.57. The average Bonchev–Trinajstić information content (AvgIpc) is 3.16. The standard InChI is InChI=1S/C32H50BrNO3/c1-4-5-18-34(3)30(36)9-7-6-8-22(21-33)10-11-24-20-29-28-14-12-23-19-25(35)13-15-26(23)27(28)16-17-32(29,2)31(24)37/h13,15,19,22,24,27-29,31,35,37H,4-12,14,16-18,20-21H2,1-3H3/t22?,24-,27?,28?,29?,31+,32+/m1/s1. The molecule has 2 N–H and O–H groups in total. The highest BCUT2D eigenvalue weighted by Crippen LogP contribution is 2.63. The lowest BCUT2D eigenvalue weighted by molar-refractivity contribution is -0.130. The van der Waals surface area contributed by atoms with Gasteiger partial charge in [-0.3, -0.25) is 4.79 Å². The Labute approximate surface area is 233 Å². The number of benzene rings is 1. The zero-order valence-corrected chi connectivity index (χ0v) is 25.0. The molecule has 1 aromatic carbocycles. The number of hydrogen-bond acceptors (Lipinski definition) is 3. The van der Waals surface area contributed by atoms with E-state index in [-0.39, 0.29) is 17.4 Å². The van der Waals surface area contributed by atoms with Gasteiger partial charge in [-0.15, -0.1) is 0 Å². The lowest BCUT2D eigenvalue weighted by Gasteiger charge is -2.50. The second-order valence-corrected chi connectivity index (χ2v) is 13.4. The second kappa shape index (κ2) is 12.9. The molecule has 0 spiro atoms. The van der Waals surface area contributed by atoms with Crippen LogP contribution in [0.3, 0.4) is 0 Å². The van der Waals surface area contributed by atoms with Crippen molar-refractivity contribution in [1.82, 2.24) is 4.90 Å². The monoisotopic (exact) mass is 575 g/mol. The molecule has 1 amide bonds. The Bertz CT molecular complexity index is 906. The fraction of sp³-hybridized carbons (Fsp3) is 0.781. The van der Waals surface area contributed by atoms with Crippen LogP contribution in [-0.4, -0.2) is 46.0 Å². The second-order valence-electron chi connectivity index (χ2n) is 12.8. The van der Waals surface area contributed by atoms with Crippen molar-refractivity contribution in [3.8, 4) is 5.75 Å². The van der Waals surface area contributed by atoms with E-state index in [4.69, 9.17) is 0 Å².